The van der Waals surface area contributed by atoms with Crippen LogP contribution in [-0.4, -0.2) is 28.5 Å². The number of hydrogen-bond donors (Lipinski definition) is 1. The van der Waals surface area contributed by atoms with E-state index >= 15 is 0 Å². The standard InChI is InChI=1S/C34H35F3N2O3/c1-5-6-7-12-28(40)39-22(4)29(23-15-17-25(18-16-23)34(35,36)37)30(31(41)24-14-13-20(2)21(3)19-24)33(39)26-10-8-9-11-27(26)38-32(33)42/h8-11,13-19,22,29-30H,5-7,12H2,1-4H3,(H,38,42). The van der Waals surface area contributed by atoms with Crippen molar-refractivity contribution in [3.63, 3.8) is 0 Å². The van der Waals surface area contributed by atoms with E-state index in [4.69, 9.17) is 0 Å². The van der Waals surface area contributed by atoms with Crippen molar-refractivity contribution >= 4 is 23.3 Å². The van der Waals surface area contributed by atoms with Crippen LogP contribution in [0.5, 0.6) is 0 Å². The fourth-order valence-electron chi connectivity index (χ4n) is 6.85. The topological polar surface area (TPSA) is 66.5 Å². The molecule has 3 aromatic rings. The van der Waals surface area contributed by atoms with Gasteiger partial charge in [-0.25, -0.2) is 0 Å². The fraction of sp³-hybridized carbons (Fsp3) is 0.382. The van der Waals surface area contributed by atoms with Gasteiger partial charge in [-0.05, 0) is 68.1 Å². The molecule has 5 nitrogen and oxygen atoms in total. The molecule has 220 valence electrons. The van der Waals surface area contributed by atoms with Crippen molar-refractivity contribution in [2.24, 2.45) is 5.92 Å². The largest absolute Gasteiger partial charge is 0.416 e. The number of Topliss-reactive ketones (excluding diaryl/α,β-unsaturated/α-hetero) is 1. The first kappa shape index (κ1) is 29.5. The molecule has 42 heavy (non-hydrogen) atoms. The molecule has 5 rings (SSSR count). The molecule has 8 heteroatoms. The Morgan fingerprint density at radius 3 is 2.29 bits per heavy atom. The van der Waals surface area contributed by atoms with E-state index in [0.717, 1.165) is 36.1 Å². The molecule has 0 saturated carbocycles. The summed E-state index contributed by atoms with van der Waals surface area (Å²) in [6.07, 6.45) is -1.98. The maximum atomic E-state index is 14.7. The van der Waals surface area contributed by atoms with Crippen LogP contribution in [-0.2, 0) is 21.3 Å². The first-order valence-corrected chi connectivity index (χ1v) is 14.4. The Kier molecular flexibility index (Phi) is 7.77. The lowest BCUT2D eigenvalue weighted by molar-refractivity contribution is -0.146. The van der Waals surface area contributed by atoms with Gasteiger partial charge in [0.1, 0.15) is 0 Å². The van der Waals surface area contributed by atoms with E-state index in [1.54, 1.807) is 48.2 Å². The van der Waals surface area contributed by atoms with Gasteiger partial charge in [0, 0.05) is 35.2 Å². The Bertz CT molecular complexity index is 1530. The molecule has 0 radical (unpaired) electrons. The Labute approximate surface area is 244 Å². The molecule has 0 bridgehead atoms. The number of hydrogen-bond acceptors (Lipinski definition) is 3. The summed E-state index contributed by atoms with van der Waals surface area (Å²) in [6, 6.07) is 16.5. The van der Waals surface area contributed by atoms with Crippen LogP contribution in [0.2, 0.25) is 0 Å². The number of likely N-dealkylation sites (tertiary alicyclic amines) is 1. The van der Waals surface area contributed by atoms with Crippen LogP contribution in [0.4, 0.5) is 18.9 Å². The van der Waals surface area contributed by atoms with E-state index in [1.807, 2.05) is 26.8 Å². The van der Waals surface area contributed by atoms with E-state index < -0.39 is 41.1 Å². The molecule has 2 amide bonds. The van der Waals surface area contributed by atoms with Gasteiger partial charge in [-0.1, -0.05) is 62.2 Å². The minimum atomic E-state index is -4.53. The molecule has 4 atom stereocenters. The third-order valence-electron chi connectivity index (χ3n) is 9.01. The number of carbonyl (C=O) groups excluding carboxylic acids is 3. The number of rotatable bonds is 7. The van der Waals surface area contributed by atoms with Gasteiger partial charge in [0.2, 0.25) is 5.91 Å². The third kappa shape index (κ3) is 4.71. The van der Waals surface area contributed by atoms with Crippen LogP contribution in [0.3, 0.4) is 0 Å². The second-order valence-corrected chi connectivity index (χ2v) is 11.5. The highest BCUT2D eigenvalue weighted by Crippen LogP contribution is 2.59. The lowest BCUT2D eigenvalue weighted by atomic mass is 9.69. The molecule has 0 aromatic heterocycles. The molecule has 2 aliphatic heterocycles. The summed E-state index contributed by atoms with van der Waals surface area (Å²) in [5.41, 5.74) is 1.34. The number of alkyl halides is 3. The maximum absolute atomic E-state index is 14.7. The fourth-order valence-corrected chi connectivity index (χ4v) is 6.85. The van der Waals surface area contributed by atoms with Crippen LogP contribution in [0.1, 0.15) is 83.6 Å². The van der Waals surface area contributed by atoms with Gasteiger partial charge in [-0.2, -0.15) is 13.2 Å². The van der Waals surface area contributed by atoms with Crippen LogP contribution in [0, 0.1) is 19.8 Å². The minimum Gasteiger partial charge on any atom is -0.323 e. The van der Waals surface area contributed by atoms with E-state index in [9.17, 15) is 27.6 Å². The molecular formula is C34H35F3N2O3. The number of amides is 2. The van der Waals surface area contributed by atoms with Crippen LogP contribution < -0.4 is 5.32 Å². The SMILES string of the molecule is CCCCCC(=O)N1C(C)C(c2ccc(C(F)(F)F)cc2)C(C(=O)c2ccc(C)c(C)c2)C12C(=O)Nc1ccccc12. The molecule has 3 aromatic carbocycles. The molecule has 1 spiro atoms. The number of carbonyl (C=O) groups is 3. The Hall–Kier alpha value is -3.94. The van der Waals surface area contributed by atoms with E-state index in [2.05, 4.69) is 5.32 Å². The van der Waals surface area contributed by atoms with Gasteiger partial charge in [-0.3, -0.25) is 14.4 Å². The lowest BCUT2D eigenvalue weighted by Gasteiger charge is -2.38. The first-order valence-electron chi connectivity index (χ1n) is 14.4. The van der Waals surface area contributed by atoms with Crippen molar-refractivity contribution in [2.45, 2.75) is 77.1 Å². The van der Waals surface area contributed by atoms with Gasteiger partial charge < -0.3 is 10.2 Å². The van der Waals surface area contributed by atoms with Crippen molar-refractivity contribution in [2.75, 3.05) is 5.32 Å². The Morgan fingerprint density at radius 2 is 1.64 bits per heavy atom. The summed E-state index contributed by atoms with van der Waals surface area (Å²) in [6.45, 7) is 7.66. The van der Waals surface area contributed by atoms with E-state index in [1.165, 1.54) is 12.1 Å². The van der Waals surface area contributed by atoms with Crippen LogP contribution in [0.25, 0.3) is 0 Å². The van der Waals surface area contributed by atoms with Gasteiger partial charge in [-0.15, -0.1) is 0 Å². The molecule has 1 saturated heterocycles. The second kappa shape index (κ2) is 11.0. The molecule has 0 aliphatic carbocycles. The molecule has 2 aliphatic rings. The number of para-hydroxylation sites is 1. The lowest BCUT2D eigenvalue weighted by Crippen LogP contribution is -2.56. The molecule has 1 fully saturated rings. The van der Waals surface area contributed by atoms with Crippen molar-refractivity contribution in [1.82, 2.24) is 4.90 Å². The summed E-state index contributed by atoms with van der Waals surface area (Å²) in [5.74, 6) is -2.88. The second-order valence-electron chi connectivity index (χ2n) is 11.5. The number of ketones is 1. The predicted molar refractivity (Wildman–Crippen MR) is 155 cm³/mol. The number of anilines is 1. The minimum absolute atomic E-state index is 0.194. The summed E-state index contributed by atoms with van der Waals surface area (Å²) < 4.78 is 40.4. The van der Waals surface area contributed by atoms with E-state index in [0.29, 0.717) is 28.8 Å². The smallest absolute Gasteiger partial charge is 0.323 e. The molecular weight excluding hydrogens is 541 g/mol. The number of unbranched alkanes of at least 4 members (excludes halogenated alkanes) is 2. The van der Waals surface area contributed by atoms with Gasteiger partial charge in [0.15, 0.2) is 11.3 Å². The highest BCUT2D eigenvalue weighted by Gasteiger charge is 2.69. The summed E-state index contributed by atoms with van der Waals surface area (Å²) >= 11 is 0. The zero-order chi connectivity index (χ0) is 30.4. The average Bonchev–Trinajstić information content (AvgIpc) is 3.40. The number of nitrogens with zero attached hydrogens (tertiary/aromatic N) is 1. The third-order valence-corrected chi connectivity index (χ3v) is 9.01. The molecule has 1 N–H and O–H groups in total. The van der Waals surface area contributed by atoms with E-state index in [-0.39, 0.29) is 18.1 Å². The van der Waals surface area contributed by atoms with Gasteiger partial charge in [0.05, 0.1) is 11.5 Å². The number of aryl methyl sites for hydroxylation is 2. The van der Waals surface area contributed by atoms with Crippen LogP contribution >= 0.6 is 0 Å². The summed E-state index contributed by atoms with van der Waals surface area (Å²) in [4.78, 5) is 44.6. The predicted octanol–water partition coefficient (Wildman–Crippen LogP) is 7.56. The van der Waals surface area contributed by atoms with Crippen molar-refractivity contribution in [1.29, 1.82) is 0 Å². The van der Waals surface area contributed by atoms with Crippen molar-refractivity contribution in [3.05, 3.63) is 100 Å². The Morgan fingerprint density at radius 1 is 0.952 bits per heavy atom. The average molecular weight is 577 g/mol. The normalized spacial score (nSPS) is 23.3. The van der Waals surface area contributed by atoms with Crippen molar-refractivity contribution < 1.29 is 27.6 Å². The number of fused-ring (bicyclic) bond motifs is 2. The summed E-state index contributed by atoms with van der Waals surface area (Å²) in [7, 11) is 0. The monoisotopic (exact) mass is 576 g/mol. The maximum Gasteiger partial charge on any atom is 0.416 e. The first-order chi connectivity index (χ1) is 19.9. The number of halogens is 3. The van der Waals surface area contributed by atoms with Gasteiger partial charge >= 0.3 is 6.18 Å². The zero-order valence-electron chi connectivity index (χ0n) is 24.2. The zero-order valence-corrected chi connectivity index (χ0v) is 24.2. The Balaban J connectivity index is 1.76. The number of benzene rings is 3. The van der Waals surface area contributed by atoms with Gasteiger partial charge in [0.25, 0.3) is 5.91 Å². The highest BCUT2D eigenvalue weighted by molar-refractivity contribution is 6.14. The van der Waals surface area contributed by atoms with Crippen molar-refractivity contribution in [3.8, 4) is 0 Å². The summed E-state index contributed by atoms with van der Waals surface area (Å²) in [5, 5.41) is 2.93. The van der Waals surface area contributed by atoms with Crippen LogP contribution in [0.15, 0.2) is 66.7 Å². The quantitative estimate of drug-likeness (QED) is 0.233. The molecule has 2 heterocycles. The molecule has 4 unspecified atom stereocenters. The highest BCUT2D eigenvalue weighted by atomic mass is 19.4. The number of nitrogens with one attached hydrogen (secondary N) is 1.